The van der Waals surface area contributed by atoms with Crippen molar-refractivity contribution in [3.63, 3.8) is 0 Å². The van der Waals surface area contributed by atoms with E-state index in [4.69, 9.17) is 15.2 Å². The predicted octanol–water partition coefficient (Wildman–Crippen LogP) is 1.99. The second kappa shape index (κ2) is 4.89. The number of para-hydroxylation sites is 1. The first-order valence-corrected chi connectivity index (χ1v) is 8.80. The molecular weight excluding hydrogens is 324 g/mol. The van der Waals surface area contributed by atoms with Gasteiger partial charge in [0.2, 0.25) is 5.06 Å². The third kappa shape index (κ3) is 1.43. The van der Waals surface area contributed by atoms with E-state index in [1.165, 1.54) is 11.8 Å². The quantitative estimate of drug-likeness (QED) is 0.902. The van der Waals surface area contributed by atoms with Gasteiger partial charge in [0.15, 0.2) is 5.41 Å². The fraction of sp³-hybridized carbons (Fsp3) is 0.471. The van der Waals surface area contributed by atoms with Crippen molar-refractivity contribution in [2.45, 2.75) is 17.9 Å². The number of benzene rings is 1. The van der Waals surface area contributed by atoms with Gasteiger partial charge < -0.3 is 15.2 Å². The molecule has 4 atom stereocenters. The molecule has 0 bridgehead atoms. The van der Waals surface area contributed by atoms with Crippen LogP contribution in [0.1, 0.15) is 18.4 Å². The minimum absolute atomic E-state index is 0.192. The summed E-state index contributed by atoms with van der Waals surface area (Å²) in [7, 11) is 0. The van der Waals surface area contributed by atoms with Crippen molar-refractivity contribution >= 4 is 17.6 Å². The maximum absolute atomic E-state index is 10.1. The van der Waals surface area contributed by atoms with Gasteiger partial charge in [0.25, 0.3) is 0 Å². The number of rotatable bonds is 3. The standard InChI is InChI=1S/C17H16N4O2S/c1-2-22-12-6-4-3-5-11(12)13-15(9-18)14(20)21-17(16(13,15)10-19)23-7-8-24-17/h3-6,13H,2,7-8H2,1H3,(H2,20,21)/t13-,15+,16+,17+/m0/s1. The Labute approximate surface area is 144 Å². The molecule has 1 aromatic carbocycles. The molecule has 4 rings (SSSR count). The minimum Gasteiger partial charge on any atom is -0.494 e. The molecule has 1 saturated carbocycles. The third-order valence-electron chi connectivity index (χ3n) is 5.14. The first-order valence-electron chi connectivity index (χ1n) is 7.81. The van der Waals surface area contributed by atoms with Crippen molar-refractivity contribution < 1.29 is 9.47 Å². The summed E-state index contributed by atoms with van der Waals surface area (Å²) >= 11 is 1.46. The molecular formula is C17H16N4O2S. The van der Waals surface area contributed by atoms with Crippen LogP contribution in [-0.4, -0.2) is 29.9 Å². The van der Waals surface area contributed by atoms with Gasteiger partial charge in [-0.1, -0.05) is 30.0 Å². The molecule has 1 spiro atoms. The maximum Gasteiger partial charge on any atom is 0.230 e. The number of nitriles is 2. The van der Waals surface area contributed by atoms with Crippen molar-refractivity contribution in [1.82, 2.24) is 0 Å². The second-order valence-corrected chi connectivity index (χ2v) is 7.27. The summed E-state index contributed by atoms with van der Waals surface area (Å²) in [6.45, 7) is 2.90. The Kier molecular flexibility index (Phi) is 3.12. The Morgan fingerprint density at radius 2 is 2.21 bits per heavy atom. The van der Waals surface area contributed by atoms with Gasteiger partial charge in [0.05, 0.1) is 25.4 Å². The largest absolute Gasteiger partial charge is 0.494 e. The Bertz CT molecular complexity index is 821. The van der Waals surface area contributed by atoms with Gasteiger partial charge in [-0.2, -0.15) is 10.5 Å². The van der Waals surface area contributed by atoms with E-state index < -0.39 is 21.8 Å². The smallest absolute Gasteiger partial charge is 0.230 e. The van der Waals surface area contributed by atoms with Crippen LogP contribution < -0.4 is 10.5 Å². The molecule has 2 fully saturated rings. The summed E-state index contributed by atoms with van der Waals surface area (Å²) in [6, 6.07) is 12.2. The summed E-state index contributed by atoms with van der Waals surface area (Å²) in [5, 5.41) is 19.0. The monoisotopic (exact) mass is 340 g/mol. The van der Waals surface area contributed by atoms with Crippen LogP contribution in [0.4, 0.5) is 0 Å². The lowest BCUT2D eigenvalue weighted by Crippen LogP contribution is -2.34. The van der Waals surface area contributed by atoms with Crippen molar-refractivity contribution in [3.8, 4) is 17.9 Å². The summed E-state index contributed by atoms with van der Waals surface area (Å²) in [4.78, 5) is 4.44. The minimum atomic E-state index is -1.16. The van der Waals surface area contributed by atoms with Crippen LogP contribution >= 0.6 is 11.8 Å². The molecule has 0 radical (unpaired) electrons. The zero-order chi connectivity index (χ0) is 17.0. The number of aliphatic imine (C=N–C) groups is 1. The number of hydrogen-bond donors (Lipinski definition) is 1. The fourth-order valence-electron chi connectivity index (χ4n) is 4.19. The number of thioether (sulfide) groups is 1. The molecule has 1 aliphatic carbocycles. The van der Waals surface area contributed by atoms with Gasteiger partial charge in [-0.3, -0.25) is 0 Å². The Morgan fingerprint density at radius 1 is 1.42 bits per heavy atom. The maximum atomic E-state index is 10.1. The second-order valence-electron chi connectivity index (χ2n) is 6.02. The lowest BCUT2D eigenvalue weighted by Gasteiger charge is -2.26. The molecule has 2 heterocycles. The molecule has 24 heavy (non-hydrogen) atoms. The topological polar surface area (TPSA) is 104 Å². The number of hydrogen-bond acceptors (Lipinski definition) is 7. The van der Waals surface area contributed by atoms with Crippen LogP contribution in [0.5, 0.6) is 5.75 Å². The van der Waals surface area contributed by atoms with E-state index in [-0.39, 0.29) is 5.84 Å². The van der Waals surface area contributed by atoms with Crippen molar-refractivity contribution in [2.24, 2.45) is 21.6 Å². The number of nitrogens with zero attached hydrogens (tertiary/aromatic N) is 3. The average molecular weight is 340 g/mol. The molecule has 6 nitrogen and oxygen atoms in total. The number of nitrogens with two attached hydrogens (primary N) is 1. The van der Waals surface area contributed by atoms with Gasteiger partial charge in [-0.05, 0) is 13.0 Å². The summed E-state index contributed by atoms with van der Waals surface area (Å²) in [5.74, 6) is 1.18. The number of ether oxygens (including phenoxy) is 2. The van der Waals surface area contributed by atoms with Crippen LogP contribution in [0.25, 0.3) is 0 Å². The van der Waals surface area contributed by atoms with Crippen LogP contribution in [-0.2, 0) is 4.74 Å². The summed E-state index contributed by atoms with van der Waals surface area (Å²) in [6.07, 6.45) is 0. The molecule has 0 amide bonds. The lowest BCUT2D eigenvalue weighted by molar-refractivity contribution is 0.0200. The normalized spacial score (nSPS) is 39.0. The molecule has 0 aromatic heterocycles. The van der Waals surface area contributed by atoms with Gasteiger partial charge in [-0.15, -0.1) is 0 Å². The van der Waals surface area contributed by atoms with E-state index >= 15 is 0 Å². The lowest BCUT2D eigenvalue weighted by atomic mass is 9.95. The Balaban J connectivity index is 1.92. The van der Waals surface area contributed by atoms with E-state index in [0.717, 1.165) is 11.3 Å². The average Bonchev–Trinajstić information content (AvgIpc) is 2.83. The predicted molar refractivity (Wildman–Crippen MR) is 89.2 cm³/mol. The highest BCUT2D eigenvalue weighted by molar-refractivity contribution is 8.00. The third-order valence-corrected chi connectivity index (χ3v) is 6.43. The molecule has 2 N–H and O–H groups in total. The van der Waals surface area contributed by atoms with E-state index in [9.17, 15) is 10.5 Å². The SMILES string of the molecule is CCOc1ccccc1[C@@H]1[C@@]2(C#N)[C@@]3(N=C(N)[C@@]12C#N)OCCS3. The zero-order valence-electron chi connectivity index (χ0n) is 13.2. The van der Waals surface area contributed by atoms with Crippen LogP contribution in [0.3, 0.4) is 0 Å². The fourth-order valence-corrected chi connectivity index (χ4v) is 5.52. The van der Waals surface area contributed by atoms with Crippen molar-refractivity contribution in [2.75, 3.05) is 19.0 Å². The van der Waals surface area contributed by atoms with Gasteiger partial charge in [0.1, 0.15) is 17.0 Å². The van der Waals surface area contributed by atoms with Gasteiger partial charge in [-0.25, -0.2) is 4.99 Å². The van der Waals surface area contributed by atoms with Crippen molar-refractivity contribution in [3.05, 3.63) is 29.8 Å². The first kappa shape index (κ1) is 15.3. The Morgan fingerprint density at radius 3 is 2.83 bits per heavy atom. The van der Waals surface area contributed by atoms with E-state index in [2.05, 4.69) is 17.1 Å². The highest BCUT2D eigenvalue weighted by Gasteiger charge is 2.93. The van der Waals surface area contributed by atoms with Crippen molar-refractivity contribution in [1.29, 1.82) is 10.5 Å². The molecule has 3 aliphatic rings. The highest BCUT2D eigenvalue weighted by Crippen LogP contribution is 2.84. The summed E-state index contributed by atoms with van der Waals surface area (Å²) < 4.78 is 11.6. The summed E-state index contributed by atoms with van der Waals surface area (Å²) in [5.41, 5.74) is 4.71. The highest BCUT2D eigenvalue weighted by atomic mass is 32.2. The molecule has 122 valence electrons. The van der Waals surface area contributed by atoms with Crippen LogP contribution in [0.15, 0.2) is 29.3 Å². The number of fused-ring (bicyclic) bond motifs is 2. The molecule has 0 unspecified atom stereocenters. The van der Waals surface area contributed by atoms with E-state index in [1.807, 2.05) is 31.2 Å². The zero-order valence-corrected chi connectivity index (χ0v) is 14.0. The first-order chi connectivity index (χ1) is 11.6. The van der Waals surface area contributed by atoms with E-state index in [0.29, 0.717) is 19.0 Å². The molecule has 7 heteroatoms. The van der Waals surface area contributed by atoms with E-state index in [1.54, 1.807) is 0 Å². The van der Waals surface area contributed by atoms with Crippen LogP contribution in [0.2, 0.25) is 0 Å². The molecule has 2 aliphatic heterocycles. The number of amidine groups is 1. The molecule has 1 saturated heterocycles. The molecule has 1 aromatic rings. The Hall–Kier alpha value is -2.22. The van der Waals surface area contributed by atoms with Gasteiger partial charge >= 0.3 is 0 Å². The van der Waals surface area contributed by atoms with Gasteiger partial charge in [0, 0.05) is 17.2 Å². The van der Waals surface area contributed by atoms with Crippen LogP contribution in [0, 0.1) is 33.5 Å².